The Hall–Kier alpha value is -2.41. The molecule has 1 aromatic carbocycles. The van der Waals surface area contributed by atoms with Crippen molar-refractivity contribution in [1.82, 2.24) is 15.1 Å². The molecule has 1 heterocycles. The van der Waals surface area contributed by atoms with Crippen LogP contribution in [-0.2, 0) is 20.2 Å². The Morgan fingerprint density at radius 2 is 2.25 bits per heavy atom. The van der Waals surface area contributed by atoms with Crippen LogP contribution in [0.25, 0.3) is 0 Å². The molecule has 2 rings (SSSR count). The van der Waals surface area contributed by atoms with Crippen molar-refractivity contribution in [3.63, 3.8) is 0 Å². The highest BCUT2D eigenvalue weighted by molar-refractivity contribution is 5.48. The fourth-order valence-electron chi connectivity index (χ4n) is 1.85. The minimum Gasteiger partial charge on any atom is -0.482 e. The molecule has 0 saturated heterocycles. The Labute approximate surface area is 116 Å². The number of hydrogen-bond donors (Lipinski definition) is 1. The zero-order chi connectivity index (χ0) is 14.5. The monoisotopic (exact) mass is 276 g/mol. The molecule has 0 aliphatic carbocycles. The maximum Gasteiger partial charge on any atom is 0.310 e. The molecule has 0 bridgehead atoms. The quantitative estimate of drug-likeness (QED) is 0.640. The second kappa shape index (κ2) is 6.16. The molecule has 0 aliphatic heterocycles. The van der Waals surface area contributed by atoms with Crippen molar-refractivity contribution in [2.75, 3.05) is 7.05 Å². The maximum atomic E-state index is 11.0. The van der Waals surface area contributed by atoms with Crippen LogP contribution in [0.1, 0.15) is 11.1 Å². The fourth-order valence-corrected chi connectivity index (χ4v) is 1.85. The van der Waals surface area contributed by atoms with Crippen LogP contribution in [0, 0.1) is 10.1 Å². The standard InChI is InChI=1S/C13H16N4O3/c1-14-6-10-3-4-12(17(18)19)13(5-10)20-9-11-7-15-16(2)8-11/h3-5,7-8,14H,6,9H2,1-2H3. The van der Waals surface area contributed by atoms with E-state index in [9.17, 15) is 10.1 Å². The molecular weight excluding hydrogens is 260 g/mol. The number of aryl methyl sites for hydroxylation is 1. The molecule has 7 heteroatoms. The molecule has 106 valence electrons. The zero-order valence-corrected chi connectivity index (χ0v) is 11.4. The van der Waals surface area contributed by atoms with Crippen molar-refractivity contribution in [3.8, 4) is 5.75 Å². The number of nitro benzene ring substituents is 1. The van der Waals surface area contributed by atoms with E-state index in [1.807, 2.05) is 13.2 Å². The van der Waals surface area contributed by atoms with Crippen LogP contribution in [-0.4, -0.2) is 21.8 Å². The first kappa shape index (κ1) is 14.0. The normalized spacial score (nSPS) is 10.5. The predicted molar refractivity (Wildman–Crippen MR) is 73.4 cm³/mol. The Bertz CT molecular complexity index is 609. The molecule has 1 N–H and O–H groups in total. The molecule has 0 radical (unpaired) electrons. The molecule has 0 fully saturated rings. The van der Waals surface area contributed by atoms with Gasteiger partial charge in [-0.1, -0.05) is 6.07 Å². The lowest BCUT2D eigenvalue weighted by Crippen LogP contribution is -2.06. The maximum absolute atomic E-state index is 11.0. The average molecular weight is 276 g/mol. The van der Waals surface area contributed by atoms with Crippen LogP contribution in [0.2, 0.25) is 0 Å². The van der Waals surface area contributed by atoms with Gasteiger partial charge in [0.1, 0.15) is 6.61 Å². The highest BCUT2D eigenvalue weighted by Gasteiger charge is 2.15. The van der Waals surface area contributed by atoms with Gasteiger partial charge < -0.3 is 10.1 Å². The number of hydrogen-bond acceptors (Lipinski definition) is 5. The third kappa shape index (κ3) is 3.33. The first-order valence-corrected chi connectivity index (χ1v) is 6.12. The Morgan fingerprint density at radius 3 is 2.85 bits per heavy atom. The lowest BCUT2D eigenvalue weighted by Gasteiger charge is -2.08. The summed E-state index contributed by atoms with van der Waals surface area (Å²) < 4.78 is 7.22. The predicted octanol–water partition coefficient (Wildman–Crippen LogP) is 1.63. The summed E-state index contributed by atoms with van der Waals surface area (Å²) in [5.41, 5.74) is 1.76. The van der Waals surface area contributed by atoms with Gasteiger partial charge in [-0.2, -0.15) is 5.10 Å². The first-order chi connectivity index (χ1) is 9.60. The molecule has 1 aromatic heterocycles. The fraction of sp³-hybridized carbons (Fsp3) is 0.308. The lowest BCUT2D eigenvalue weighted by atomic mass is 10.2. The molecule has 0 spiro atoms. The number of rotatable bonds is 6. The Kier molecular flexibility index (Phi) is 4.31. The molecule has 0 saturated carbocycles. The van der Waals surface area contributed by atoms with E-state index in [2.05, 4.69) is 10.4 Å². The zero-order valence-electron chi connectivity index (χ0n) is 11.4. The molecule has 2 aromatic rings. The van der Waals surface area contributed by atoms with E-state index in [1.165, 1.54) is 6.07 Å². The van der Waals surface area contributed by atoms with Gasteiger partial charge in [0.25, 0.3) is 0 Å². The summed E-state index contributed by atoms with van der Waals surface area (Å²) in [7, 11) is 3.62. The molecule has 0 atom stereocenters. The van der Waals surface area contributed by atoms with Crippen LogP contribution in [0.4, 0.5) is 5.69 Å². The van der Waals surface area contributed by atoms with Crippen LogP contribution in [0.15, 0.2) is 30.6 Å². The summed E-state index contributed by atoms with van der Waals surface area (Å²) in [6, 6.07) is 4.86. The molecule has 0 aliphatic rings. The molecular formula is C13H16N4O3. The van der Waals surface area contributed by atoms with Crippen LogP contribution < -0.4 is 10.1 Å². The van der Waals surface area contributed by atoms with E-state index in [0.29, 0.717) is 6.54 Å². The number of ether oxygens (including phenoxy) is 1. The van der Waals surface area contributed by atoms with Gasteiger partial charge in [0.2, 0.25) is 0 Å². The van der Waals surface area contributed by atoms with Crippen LogP contribution in [0.3, 0.4) is 0 Å². The second-order valence-electron chi connectivity index (χ2n) is 4.40. The summed E-state index contributed by atoms with van der Waals surface area (Å²) in [6.45, 7) is 0.874. The van der Waals surface area contributed by atoms with E-state index >= 15 is 0 Å². The summed E-state index contributed by atoms with van der Waals surface area (Å²) >= 11 is 0. The van der Waals surface area contributed by atoms with Crippen molar-refractivity contribution in [2.45, 2.75) is 13.2 Å². The van der Waals surface area contributed by atoms with Crippen LogP contribution in [0.5, 0.6) is 5.75 Å². The van der Waals surface area contributed by atoms with Gasteiger partial charge in [-0.25, -0.2) is 0 Å². The number of nitro groups is 1. The number of aromatic nitrogens is 2. The van der Waals surface area contributed by atoms with Crippen molar-refractivity contribution < 1.29 is 9.66 Å². The van der Waals surface area contributed by atoms with Crippen molar-refractivity contribution in [1.29, 1.82) is 0 Å². The van der Waals surface area contributed by atoms with Gasteiger partial charge in [-0.05, 0) is 18.7 Å². The van der Waals surface area contributed by atoms with Gasteiger partial charge in [-0.3, -0.25) is 14.8 Å². The average Bonchev–Trinajstić information content (AvgIpc) is 2.82. The topological polar surface area (TPSA) is 82.2 Å². The number of nitrogens with one attached hydrogen (secondary N) is 1. The minimum atomic E-state index is -0.443. The number of nitrogens with zero attached hydrogens (tertiary/aromatic N) is 3. The van der Waals surface area contributed by atoms with Crippen molar-refractivity contribution in [2.24, 2.45) is 7.05 Å². The Morgan fingerprint density at radius 1 is 1.45 bits per heavy atom. The first-order valence-electron chi connectivity index (χ1n) is 6.12. The van der Waals surface area contributed by atoms with E-state index in [-0.39, 0.29) is 18.0 Å². The summed E-state index contributed by atoms with van der Waals surface area (Å²) in [5.74, 6) is 0.270. The molecule has 0 unspecified atom stereocenters. The molecule has 20 heavy (non-hydrogen) atoms. The summed E-state index contributed by atoms with van der Waals surface area (Å²) in [5, 5.41) is 18.0. The second-order valence-corrected chi connectivity index (χ2v) is 4.40. The van der Waals surface area contributed by atoms with E-state index in [1.54, 1.807) is 30.1 Å². The van der Waals surface area contributed by atoms with Crippen molar-refractivity contribution >= 4 is 5.69 Å². The van der Waals surface area contributed by atoms with E-state index in [4.69, 9.17) is 4.74 Å². The largest absolute Gasteiger partial charge is 0.482 e. The van der Waals surface area contributed by atoms with Gasteiger partial charge in [0, 0.05) is 31.4 Å². The van der Waals surface area contributed by atoms with Crippen LogP contribution >= 0.6 is 0 Å². The van der Waals surface area contributed by atoms with Gasteiger partial charge in [0.15, 0.2) is 5.75 Å². The third-order valence-electron chi connectivity index (χ3n) is 2.75. The van der Waals surface area contributed by atoms with Gasteiger partial charge in [0.05, 0.1) is 11.1 Å². The molecule has 7 nitrogen and oxygen atoms in total. The summed E-state index contributed by atoms with van der Waals surface area (Å²) in [6.07, 6.45) is 3.48. The van der Waals surface area contributed by atoms with E-state index in [0.717, 1.165) is 11.1 Å². The highest BCUT2D eigenvalue weighted by atomic mass is 16.6. The number of benzene rings is 1. The van der Waals surface area contributed by atoms with E-state index < -0.39 is 4.92 Å². The van der Waals surface area contributed by atoms with Crippen molar-refractivity contribution in [3.05, 3.63) is 51.8 Å². The Balaban J connectivity index is 2.18. The third-order valence-corrected chi connectivity index (χ3v) is 2.75. The van der Waals surface area contributed by atoms with Gasteiger partial charge >= 0.3 is 5.69 Å². The molecule has 0 amide bonds. The lowest BCUT2D eigenvalue weighted by molar-refractivity contribution is -0.386. The minimum absolute atomic E-state index is 0.0336. The SMILES string of the molecule is CNCc1ccc([N+](=O)[O-])c(OCc2cnn(C)c2)c1. The summed E-state index contributed by atoms with van der Waals surface area (Å²) in [4.78, 5) is 10.6. The highest BCUT2D eigenvalue weighted by Crippen LogP contribution is 2.28. The van der Waals surface area contributed by atoms with Gasteiger partial charge in [-0.15, -0.1) is 0 Å². The smallest absolute Gasteiger partial charge is 0.310 e.